The van der Waals surface area contributed by atoms with E-state index in [0.717, 1.165) is 43.2 Å². The molecule has 2 aromatic heterocycles. The van der Waals surface area contributed by atoms with Gasteiger partial charge in [-0.2, -0.15) is 0 Å². The van der Waals surface area contributed by atoms with Gasteiger partial charge in [0, 0.05) is 68.4 Å². The number of likely N-dealkylation sites (N-methyl/N-ethyl adjacent to an activating group) is 2. The minimum atomic E-state index is -0.325. The summed E-state index contributed by atoms with van der Waals surface area (Å²) in [7, 11) is 4.09. The van der Waals surface area contributed by atoms with E-state index in [1.165, 1.54) is 22.7 Å². The molecule has 13 heteroatoms. The Morgan fingerprint density at radius 2 is 1.74 bits per heavy atom. The number of amides is 3. The van der Waals surface area contributed by atoms with Gasteiger partial charge < -0.3 is 25.3 Å². The lowest BCUT2D eigenvalue weighted by molar-refractivity contribution is 0.0663. The van der Waals surface area contributed by atoms with Gasteiger partial charge in [0.2, 0.25) is 0 Å². The number of rotatable bonds is 6. The smallest absolute Gasteiger partial charge is 0.284 e. The third-order valence-electron chi connectivity index (χ3n) is 6.75. The van der Waals surface area contributed by atoms with E-state index in [-0.39, 0.29) is 36.7 Å². The van der Waals surface area contributed by atoms with Crippen molar-refractivity contribution in [1.29, 1.82) is 0 Å². The highest BCUT2D eigenvalue weighted by Gasteiger charge is 2.24. The fraction of sp³-hybridized carbons (Fsp3) is 0.385. The van der Waals surface area contributed by atoms with E-state index in [4.69, 9.17) is 11.6 Å². The quantitative estimate of drug-likeness (QED) is 0.441. The number of aromatic nitrogens is 1. The fourth-order valence-electron chi connectivity index (χ4n) is 4.47. The number of hydrogen-bond acceptors (Lipinski definition) is 8. The molecular formula is C26H30Cl2N6O3S2. The number of halogens is 2. The second-order valence-corrected chi connectivity index (χ2v) is 12.4. The van der Waals surface area contributed by atoms with Crippen molar-refractivity contribution < 1.29 is 14.4 Å². The molecule has 0 spiro atoms. The predicted octanol–water partition coefficient (Wildman–Crippen LogP) is 3.84. The van der Waals surface area contributed by atoms with Crippen molar-refractivity contribution in [2.45, 2.75) is 19.5 Å². The molecule has 5 rings (SSSR count). The Labute approximate surface area is 246 Å². The highest BCUT2D eigenvalue weighted by molar-refractivity contribution is 7.18. The van der Waals surface area contributed by atoms with E-state index in [1.54, 1.807) is 30.3 Å². The average molecular weight is 610 g/mol. The number of nitrogens with one attached hydrogen (secondary N) is 2. The van der Waals surface area contributed by atoms with Crippen molar-refractivity contribution in [2.75, 3.05) is 52.1 Å². The van der Waals surface area contributed by atoms with Gasteiger partial charge in [-0.3, -0.25) is 14.4 Å². The lowest BCUT2D eigenvalue weighted by atomic mass is 10.1. The maximum atomic E-state index is 13.3. The first-order valence-corrected chi connectivity index (χ1v) is 14.4. The highest BCUT2D eigenvalue weighted by Crippen LogP contribution is 2.27. The molecule has 0 atom stereocenters. The largest absolute Gasteiger partial charge is 0.347 e. The number of carbonyl (C=O) groups is 3. The van der Waals surface area contributed by atoms with Crippen LogP contribution in [0.25, 0.3) is 0 Å². The van der Waals surface area contributed by atoms with Crippen LogP contribution in [0, 0.1) is 0 Å². The van der Waals surface area contributed by atoms with Gasteiger partial charge in [-0.1, -0.05) is 17.7 Å². The fourth-order valence-corrected chi connectivity index (χ4v) is 6.51. The zero-order chi connectivity index (χ0) is 26.8. The van der Waals surface area contributed by atoms with E-state index < -0.39 is 0 Å². The molecule has 39 heavy (non-hydrogen) atoms. The molecule has 1 aromatic carbocycles. The number of anilines is 1. The molecule has 3 aromatic rings. The van der Waals surface area contributed by atoms with Gasteiger partial charge in [-0.25, -0.2) is 4.98 Å². The summed E-state index contributed by atoms with van der Waals surface area (Å²) in [5, 5.41) is 6.25. The summed E-state index contributed by atoms with van der Waals surface area (Å²) in [4.78, 5) is 51.5. The molecule has 2 aliphatic heterocycles. The number of fused-ring (bicyclic) bond motifs is 1. The standard InChI is InChI=1S/C26H29ClN6O3S2.ClH/c1-31-9-11-33(12-10-31)26(36)16-3-4-17(14-28-23(34)20-5-6-22(27)37-20)19(13-16)29-24(35)25-30-18-7-8-32(2)15-21(18)38-25;/h3-6,13H,7-12,14-15H2,1-2H3,(H,28,34)(H,29,35);1H. The minimum absolute atomic E-state index is 0. The molecule has 0 bridgehead atoms. The number of piperazine rings is 1. The Bertz CT molecular complexity index is 1370. The third-order valence-corrected chi connectivity index (χ3v) is 9.06. The van der Waals surface area contributed by atoms with E-state index in [0.29, 0.717) is 44.1 Å². The summed E-state index contributed by atoms with van der Waals surface area (Å²) in [6.07, 6.45) is 0.814. The predicted molar refractivity (Wildman–Crippen MR) is 158 cm³/mol. The number of hydrogen-bond donors (Lipinski definition) is 2. The maximum absolute atomic E-state index is 13.3. The monoisotopic (exact) mass is 608 g/mol. The Hall–Kier alpha value is -2.54. The van der Waals surface area contributed by atoms with Gasteiger partial charge in [0.1, 0.15) is 0 Å². The van der Waals surface area contributed by atoms with Crippen LogP contribution in [0.3, 0.4) is 0 Å². The summed E-state index contributed by atoms with van der Waals surface area (Å²) >= 11 is 8.57. The third kappa shape index (κ3) is 6.97. The van der Waals surface area contributed by atoms with Gasteiger partial charge in [-0.05, 0) is 43.9 Å². The highest BCUT2D eigenvalue weighted by atomic mass is 35.5. The van der Waals surface area contributed by atoms with Crippen molar-refractivity contribution in [3.63, 3.8) is 0 Å². The molecule has 1 saturated heterocycles. The normalized spacial score (nSPS) is 15.8. The van der Waals surface area contributed by atoms with Crippen LogP contribution >= 0.6 is 46.7 Å². The molecule has 4 heterocycles. The van der Waals surface area contributed by atoms with Crippen LogP contribution < -0.4 is 10.6 Å². The summed E-state index contributed by atoms with van der Waals surface area (Å²) in [6.45, 7) is 4.79. The number of thiophene rings is 1. The van der Waals surface area contributed by atoms with E-state index >= 15 is 0 Å². The molecular weight excluding hydrogens is 579 g/mol. The van der Waals surface area contributed by atoms with Crippen molar-refractivity contribution >= 4 is 70.1 Å². The Balaban J connectivity index is 0.00000353. The first kappa shape index (κ1) is 29.4. The lowest BCUT2D eigenvalue weighted by Crippen LogP contribution is -2.47. The van der Waals surface area contributed by atoms with Crippen molar-refractivity contribution in [3.05, 3.63) is 66.3 Å². The molecule has 1 fully saturated rings. The van der Waals surface area contributed by atoms with Gasteiger partial charge in [-0.15, -0.1) is 35.1 Å². The van der Waals surface area contributed by atoms with Crippen molar-refractivity contribution in [2.24, 2.45) is 0 Å². The maximum Gasteiger partial charge on any atom is 0.284 e. The average Bonchev–Trinajstić information content (AvgIpc) is 3.54. The lowest BCUT2D eigenvalue weighted by Gasteiger charge is -2.32. The molecule has 3 amide bonds. The van der Waals surface area contributed by atoms with Crippen LogP contribution in [0.1, 0.15) is 46.0 Å². The number of carbonyl (C=O) groups excluding carboxylic acids is 3. The first-order valence-electron chi connectivity index (χ1n) is 12.4. The molecule has 9 nitrogen and oxygen atoms in total. The molecule has 0 radical (unpaired) electrons. The first-order chi connectivity index (χ1) is 18.3. The minimum Gasteiger partial charge on any atom is -0.347 e. The molecule has 2 N–H and O–H groups in total. The van der Waals surface area contributed by atoms with Crippen LogP contribution in [0.5, 0.6) is 0 Å². The molecule has 0 aliphatic carbocycles. The van der Waals surface area contributed by atoms with E-state index in [1.807, 2.05) is 11.9 Å². The number of thiazole rings is 1. The Morgan fingerprint density at radius 1 is 0.974 bits per heavy atom. The summed E-state index contributed by atoms with van der Waals surface area (Å²) in [6, 6.07) is 8.57. The topological polar surface area (TPSA) is 97.9 Å². The van der Waals surface area contributed by atoms with Crippen LogP contribution in [0.4, 0.5) is 5.69 Å². The van der Waals surface area contributed by atoms with Gasteiger partial charge in [0.25, 0.3) is 17.7 Å². The summed E-state index contributed by atoms with van der Waals surface area (Å²) in [5.41, 5.74) is 2.62. The number of nitrogens with zero attached hydrogens (tertiary/aromatic N) is 4. The molecule has 0 unspecified atom stereocenters. The van der Waals surface area contributed by atoms with E-state index in [9.17, 15) is 14.4 Å². The summed E-state index contributed by atoms with van der Waals surface area (Å²) in [5.74, 6) is -0.660. The second kappa shape index (κ2) is 12.8. The van der Waals surface area contributed by atoms with Crippen LogP contribution in [0.15, 0.2) is 30.3 Å². The zero-order valence-electron chi connectivity index (χ0n) is 21.7. The van der Waals surface area contributed by atoms with Crippen molar-refractivity contribution in [3.8, 4) is 0 Å². The van der Waals surface area contributed by atoms with Crippen LogP contribution in [-0.4, -0.2) is 84.2 Å². The number of benzene rings is 1. The molecule has 2 aliphatic rings. The zero-order valence-corrected chi connectivity index (χ0v) is 24.9. The molecule has 0 saturated carbocycles. The summed E-state index contributed by atoms with van der Waals surface area (Å²) < 4.78 is 0.534. The van der Waals surface area contributed by atoms with Gasteiger partial charge in [0.05, 0.1) is 14.9 Å². The van der Waals surface area contributed by atoms with Gasteiger partial charge in [0.15, 0.2) is 5.01 Å². The Morgan fingerprint density at radius 3 is 2.46 bits per heavy atom. The van der Waals surface area contributed by atoms with Gasteiger partial charge >= 0.3 is 0 Å². The van der Waals surface area contributed by atoms with Crippen LogP contribution in [-0.2, 0) is 19.5 Å². The van der Waals surface area contributed by atoms with Crippen LogP contribution in [0.2, 0.25) is 4.34 Å². The molecule has 208 valence electrons. The SMILES string of the molecule is CN1CCN(C(=O)c2ccc(CNC(=O)c3ccc(Cl)s3)c(NC(=O)c3nc4c(s3)CN(C)CC4)c2)CC1.Cl. The Kier molecular flexibility index (Phi) is 9.63. The second-order valence-electron chi connectivity index (χ2n) is 9.58. The van der Waals surface area contributed by atoms with Crippen molar-refractivity contribution in [1.82, 2.24) is 25.0 Å². The van der Waals surface area contributed by atoms with E-state index in [2.05, 4.69) is 32.5 Å².